The predicted octanol–water partition coefficient (Wildman–Crippen LogP) is 6.61. The summed E-state index contributed by atoms with van der Waals surface area (Å²) in [6, 6.07) is 7.89. The topological polar surface area (TPSA) is 41.6 Å². The summed E-state index contributed by atoms with van der Waals surface area (Å²) in [6.07, 6.45) is 10.9. The Morgan fingerprint density at radius 3 is 2.06 bits per heavy atom. The highest BCUT2D eigenvalue weighted by molar-refractivity contribution is 6.04. The van der Waals surface area contributed by atoms with Crippen molar-refractivity contribution in [3.63, 3.8) is 0 Å². The van der Waals surface area contributed by atoms with Crippen LogP contribution in [0, 0.1) is 0 Å². The molecule has 0 spiro atoms. The molecule has 0 aliphatic carbocycles. The molecule has 1 aromatic carbocycles. The number of nitrogens with zero attached hydrogens (tertiary/aromatic N) is 1. The molecule has 0 saturated heterocycles. The molecule has 1 rings (SSSR count). The lowest BCUT2D eigenvalue weighted by atomic mass is 10.1. The van der Waals surface area contributed by atoms with Crippen LogP contribution in [0.3, 0.4) is 0 Å². The number of hydrogen-bond donors (Lipinski definition) is 1. The zero-order chi connectivity index (χ0) is 22.9. The van der Waals surface area contributed by atoms with Crippen LogP contribution in [-0.2, 0) is 0 Å². The number of ketones is 1. The summed E-state index contributed by atoms with van der Waals surface area (Å²) in [5, 5.41) is 3.41. The molecule has 0 amide bonds. The van der Waals surface area contributed by atoms with Crippen LogP contribution in [0.2, 0.25) is 0 Å². The van der Waals surface area contributed by atoms with Gasteiger partial charge < -0.3 is 15.0 Å². The molecule has 31 heavy (non-hydrogen) atoms. The maximum Gasteiger partial charge on any atom is 0.187 e. The van der Waals surface area contributed by atoms with E-state index in [9.17, 15) is 4.79 Å². The number of unbranched alkanes of at least 4 members (excludes halogenated alkanes) is 3. The van der Waals surface area contributed by atoms with Gasteiger partial charge in [-0.25, -0.2) is 0 Å². The molecule has 0 aliphatic rings. The maximum atomic E-state index is 12.7. The van der Waals surface area contributed by atoms with Gasteiger partial charge in [-0.1, -0.05) is 40.0 Å². The molecule has 0 aliphatic heterocycles. The van der Waals surface area contributed by atoms with Gasteiger partial charge in [0.1, 0.15) is 5.75 Å². The van der Waals surface area contributed by atoms with E-state index in [0.29, 0.717) is 18.2 Å². The molecule has 0 fully saturated rings. The van der Waals surface area contributed by atoms with Crippen LogP contribution in [0.1, 0.15) is 96.3 Å². The summed E-state index contributed by atoms with van der Waals surface area (Å²) in [5.74, 6) is 0.883. The molecule has 0 heterocycles. The van der Waals surface area contributed by atoms with Crippen molar-refractivity contribution in [2.75, 3.05) is 26.2 Å². The number of carbonyl (C=O) groups excluding carboxylic acids is 1. The number of ether oxygens (including phenoxy) is 1. The Morgan fingerprint density at radius 1 is 0.935 bits per heavy atom. The number of benzene rings is 1. The quantitative estimate of drug-likeness (QED) is 0.162. The van der Waals surface area contributed by atoms with Gasteiger partial charge in [0.05, 0.1) is 6.61 Å². The fourth-order valence-corrected chi connectivity index (χ4v) is 3.46. The zero-order valence-corrected chi connectivity index (χ0v) is 20.7. The Balaban J connectivity index is 2.52. The number of allylic oxidation sites excluding steroid dienone is 2. The predicted molar refractivity (Wildman–Crippen MR) is 133 cm³/mol. The van der Waals surface area contributed by atoms with Gasteiger partial charge in [-0.15, -0.1) is 0 Å². The Hall–Kier alpha value is -1.81. The smallest absolute Gasteiger partial charge is 0.187 e. The molecule has 4 nitrogen and oxygen atoms in total. The van der Waals surface area contributed by atoms with E-state index in [1.54, 1.807) is 6.08 Å². The minimum Gasteiger partial charge on any atom is -0.494 e. The standard InChI is InChI=1S/C27H46N2O2/c1-6-9-13-25(28-23(4)5)22-27(30)24-14-16-26(17-15-24)31-21-12-20-29(18-10-7-2)19-11-8-3/h14-17,22-23,28H,6-13,18-21H2,1-5H3. The highest BCUT2D eigenvalue weighted by Crippen LogP contribution is 2.15. The maximum absolute atomic E-state index is 12.7. The third-order valence-corrected chi connectivity index (χ3v) is 5.26. The van der Waals surface area contributed by atoms with Crippen LogP contribution in [0.25, 0.3) is 0 Å². The molecule has 0 bridgehead atoms. The zero-order valence-electron chi connectivity index (χ0n) is 20.7. The molecule has 1 N–H and O–H groups in total. The van der Waals surface area contributed by atoms with Crippen molar-refractivity contribution in [2.45, 2.75) is 92.0 Å². The number of nitrogens with one attached hydrogen (secondary N) is 1. The lowest BCUT2D eigenvalue weighted by Gasteiger charge is -2.21. The summed E-state index contributed by atoms with van der Waals surface area (Å²) in [4.78, 5) is 15.2. The van der Waals surface area contributed by atoms with Gasteiger partial charge in [-0.3, -0.25) is 4.79 Å². The lowest BCUT2D eigenvalue weighted by molar-refractivity contribution is 0.104. The van der Waals surface area contributed by atoms with Gasteiger partial charge in [0.25, 0.3) is 0 Å². The minimum absolute atomic E-state index is 0.0493. The van der Waals surface area contributed by atoms with Crippen molar-refractivity contribution in [2.24, 2.45) is 0 Å². The highest BCUT2D eigenvalue weighted by Gasteiger charge is 2.08. The molecule has 0 aromatic heterocycles. The summed E-state index contributed by atoms with van der Waals surface area (Å²) in [7, 11) is 0. The fraction of sp³-hybridized carbons (Fsp3) is 0.667. The molecule has 0 saturated carbocycles. The van der Waals surface area contributed by atoms with E-state index in [1.165, 1.54) is 38.8 Å². The van der Waals surface area contributed by atoms with Crippen molar-refractivity contribution < 1.29 is 9.53 Å². The van der Waals surface area contributed by atoms with Crippen LogP contribution in [0.15, 0.2) is 36.0 Å². The van der Waals surface area contributed by atoms with Crippen molar-refractivity contribution >= 4 is 5.78 Å². The van der Waals surface area contributed by atoms with E-state index in [2.05, 4.69) is 44.8 Å². The van der Waals surface area contributed by atoms with Crippen molar-refractivity contribution in [1.82, 2.24) is 10.2 Å². The van der Waals surface area contributed by atoms with E-state index in [4.69, 9.17) is 4.74 Å². The Morgan fingerprint density at radius 2 is 1.52 bits per heavy atom. The van der Waals surface area contributed by atoms with Gasteiger partial charge in [-0.2, -0.15) is 0 Å². The molecule has 1 aromatic rings. The third-order valence-electron chi connectivity index (χ3n) is 5.26. The number of hydrogen-bond acceptors (Lipinski definition) is 4. The van der Waals surface area contributed by atoms with Crippen molar-refractivity contribution in [1.29, 1.82) is 0 Å². The Labute approximate surface area is 191 Å². The first kappa shape index (κ1) is 27.2. The average molecular weight is 431 g/mol. The van der Waals surface area contributed by atoms with E-state index < -0.39 is 0 Å². The first-order valence-electron chi connectivity index (χ1n) is 12.5. The van der Waals surface area contributed by atoms with Gasteiger partial charge >= 0.3 is 0 Å². The van der Waals surface area contributed by atoms with Gasteiger partial charge in [-0.05, 0) is 83.3 Å². The number of carbonyl (C=O) groups is 1. The molecule has 4 heteroatoms. The van der Waals surface area contributed by atoms with Crippen LogP contribution >= 0.6 is 0 Å². The second-order valence-electron chi connectivity index (χ2n) is 8.71. The molecule has 0 radical (unpaired) electrons. The van der Waals surface area contributed by atoms with Crippen molar-refractivity contribution in [3.05, 3.63) is 41.6 Å². The van der Waals surface area contributed by atoms with Crippen LogP contribution < -0.4 is 10.1 Å². The first-order valence-corrected chi connectivity index (χ1v) is 12.5. The minimum atomic E-state index is 0.0493. The largest absolute Gasteiger partial charge is 0.494 e. The third kappa shape index (κ3) is 12.6. The summed E-state index contributed by atoms with van der Waals surface area (Å²) < 4.78 is 5.92. The van der Waals surface area contributed by atoms with Crippen LogP contribution in [-0.4, -0.2) is 43.0 Å². The Bertz CT molecular complexity index is 615. The van der Waals surface area contributed by atoms with E-state index in [-0.39, 0.29) is 5.78 Å². The van der Waals surface area contributed by atoms with Gasteiger partial charge in [0.2, 0.25) is 0 Å². The summed E-state index contributed by atoms with van der Waals surface area (Å²) in [6.45, 7) is 15.0. The monoisotopic (exact) mass is 430 g/mol. The second-order valence-corrected chi connectivity index (χ2v) is 8.71. The molecular weight excluding hydrogens is 384 g/mol. The molecule has 0 atom stereocenters. The van der Waals surface area contributed by atoms with Crippen molar-refractivity contribution in [3.8, 4) is 5.75 Å². The number of rotatable bonds is 18. The van der Waals surface area contributed by atoms with E-state index >= 15 is 0 Å². The van der Waals surface area contributed by atoms with Crippen LogP contribution in [0.4, 0.5) is 0 Å². The molecule has 0 unspecified atom stereocenters. The SMILES string of the molecule is CCCCC(=CC(=O)c1ccc(OCCCN(CCCC)CCCC)cc1)NC(C)C. The van der Waals surface area contributed by atoms with Gasteiger partial charge in [0.15, 0.2) is 5.78 Å². The average Bonchev–Trinajstić information content (AvgIpc) is 2.76. The summed E-state index contributed by atoms with van der Waals surface area (Å²) in [5.41, 5.74) is 1.73. The normalized spacial score (nSPS) is 11.9. The van der Waals surface area contributed by atoms with Crippen LogP contribution in [0.5, 0.6) is 5.75 Å². The second kappa shape index (κ2) is 16.8. The van der Waals surface area contributed by atoms with Gasteiger partial charge in [0, 0.05) is 29.9 Å². The lowest BCUT2D eigenvalue weighted by Crippen LogP contribution is -2.28. The fourth-order valence-electron chi connectivity index (χ4n) is 3.46. The Kier molecular flexibility index (Phi) is 14.8. The van der Waals surface area contributed by atoms with E-state index in [1.807, 2.05) is 24.3 Å². The highest BCUT2D eigenvalue weighted by atomic mass is 16.5. The first-order chi connectivity index (χ1) is 15.0. The molecular formula is C27H46N2O2. The molecule has 176 valence electrons. The van der Waals surface area contributed by atoms with E-state index in [0.717, 1.165) is 43.7 Å². The summed E-state index contributed by atoms with van der Waals surface area (Å²) >= 11 is 0.